The fourth-order valence-corrected chi connectivity index (χ4v) is 6.16. The first-order valence-electron chi connectivity index (χ1n) is 10.7. The summed E-state index contributed by atoms with van der Waals surface area (Å²) in [6, 6.07) is 5.68. The lowest BCUT2D eigenvalue weighted by Gasteiger charge is -2.56. The van der Waals surface area contributed by atoms with E-state index in [4.69, 9.17) is 9.47 Å². The van der Waals surface area contributed by atoms with Crippen LogP contribution in [0.2, 0.25) is 0 Å². The molecule has 5 rings (SSSR count). The average Bonchev–Trinajstić information content (AvgIpc) is 2.65. The standard InChI is InChI=1S/C23H32N2O3/c1-3-6-28-20-5-4-16(10-21(20)27-2)15-24-25-22(26)14-23-11-17-7-18(12-23)9-19(8-17)13-23/h4-5,10,15,17-19H,3,6-9,11-14H2,1-2H3,(H,25,26)/b24-15+. The van der Waals surface area contributed by atoms with Gasteiger partial charge in [0, 0.05) is 6.42 Å². The number of methoxy groups -OCH3 is 1. The smallest absolute Gasteiger partial charge is 0.240 e. The molecule has 4 fully saturated rings. The van der Waals surface area contributed by atoms with E-state index in [0.717, 1.165) is 35.5 Å². The third-order valence-electron chi connectivity index (χ3n) is 6.75. The van der Waals surface area contributed by atoms with Crippen LogP contribution in [0, 0.1) is 23.2 Å². The van der Waals surface area contributed by atoms with E-state index < -0.39 is 0 Å². The molecular weight excluding hydrogens is 352 g/mol. The van der Waals surface area contributed by atoms with Crippen LogP contribution < -0.4 is 14.9 Å². The van der Waals surface area contributed by atoms with Crippen LogP contribution in [0.4, 0.5) is 0 Å². The van der Waals surface area contributed by atoms with Crippen LogP contribution in [0.3, 0.4) is 0 Å². The molecule has 5 nitrogen and oxygen atoms in total. The lowest BCUT2D eigenvalue weighted by atomic mass is 9.49. The van der Waals surface area contributed by atoms with Crippen molar-refractivity contribution in [1.82, 2.24) is 5.43 Å². The van der Waals surface area contributed by atoms with Crippen molar-refractivity contribution in [3.63, 3.8) is 0 Å². The van der Waals surface area contributed by atoms with Gasteiger partial charge in [-0.15, -0.1) is 0 Å². The average molecular weight is 385 g/mol. The molecule has 0 atom stereocenters. The SMILES string of the molecule is CCCOc1ccc(/C=N/NC(=O)CC23CC4CC(CC(C4)C2)C3)cc1OC. The van der Waals surface area contributed by atoms with Gasteiger partial charge in [-0.25, -0.2) is 5.43 Å². The van der Waals surface area contributed by atoms with Gasteiger partial charge in [0.25, 0.3) is 0 Å². The normalized spacial score (nSPS) is 30.6. The largest absolute Gasteiger partial charge is 0.493 e. The highest BCUT2D eigenvalue weighted by Crippen LogP contribution is 2.61. The van der Waals surface area contributed by atoms with Gasteiger partial charge in [-0.1, -0.05) is 6.92 Å². The number of ether oxygens (including phenoxy) is 2. The van der Waals surface area contributed by atoms with E-state index in [1.807, 2.05) is 18.2 Å². The van der Waals surface area contributed by atoms with Gasteiger partial charge in [0.1, 0.15) is 0 Å². The zero-order valence-corrected chi connectivity index (χ0v) is 17.1. The summed E-state index contributed by atoms with van der Waals surface area (Å²) in [5.41, 5.74) is 3.87. The Kier molecular flexibility index (Phi) is 5.61. The maximum atomic E-state index is 12.5. The Morgan fingerprint density at radius 3 is 2.46 bits per heavy atom. The first-order chi connectivity index (χ1) is 13.6. The summed E-state index contributed by atoms with van der Waals surface area (Å²) < 4.78 is 11.1. The molecule has 1 aromatic rings. The van der Waals surface area contributed by atoms with E-state index in [9.17, 15) is 4.79 Å². The van der Waals surface area contributed by atoms with Crippen LogP contribution >= 0.6 is 0 Å². The molecule has 28 heavy (non-hydrogen) atoms. The summed E-state index contributed by atoms with van der Waals surface area (Å²) in [7, 11) is 1.63. The number of carbonyl (C=O) groups is 1. The molecule has 4 bridgehead atoms. The van der Waals surface area contributed by atoms with Crippen molar-refractivity contribution in [2.24, 2.45) is 28.3 Å². The van der Waals surface area contributed by atoms with Gasteiger partial charge in [0.15, 0.2) is 11.5 Å². The summed E-state index contributed by atoms with van der Waals surface area (Å²) >= 11 is 0. The van der Waals surface area contributed by atoms with E-state index in [-0.39, 0.29) is 11.3 Å². The van der Waals surface area contributed by atoms with Crippen LogP contribution in [0.1, 0.15) is 63.9 Å². The maximum Gasteiger partial charge on any atom is 0.240 e. The second-order valence-corrected chi connectivity index (χ2v) is 9.15. The number of hydrogen-bond acceptors (Lipinski definition) is 4. The van der Waals surface area contributed by atoms with E-state index in [1.54, 1.807) is 13.3 Å². The fraction of sp³-hybridized carbons (Fsp3) is 0.652. The predicted octanol–water partition coefficient (Wildman–Crippen LogP) is 4.54. The second kappa shape index (κ2) is 8.14. The molecule has 4 saturated carbocycles. The Hall–Kier alpha value is -2.04. The summed E-state index contributed by atoms with van der Waals surface area (Å²) in [4.78, 5) is 12.5. The summed E-state index contributed by atoms with van der Waals surface area (Å²) in [6.45, 7) is 2.73. The third-order valence-corrected chi connectivity index (χ3v) is 6.75. The molecule has 0 saturated heterocycles. The minimum atomic E-state index is 0.0491. The molecule has 1 N–H and O–H groups in total. The van der Waals surface area contributed by atoms with Gasteiger partial charge >= 0.3 is 0 Å². The Balaban J connectivity index is 1.33. The zero-order chi connectivity index (χ0) is 19.6. The Labute approximate surface area is 167 Å². The number of rotatable bonds is 8. The maximum absolute atomic E-state index is 12.5. The van der Waals surface area contributed by atoms with Gasteiger partial charge in [0.2, 0.25) is 5.91 Å². The molecule has 1 amide bonds. The monoisotopic (exact) mass is 384 g/mol. The minimum Gasteiger partial charge on any atom is -0.493 e. The number of amides is 1. The van der Waals surface area contributed by atoms with Gasteiger partial charge in [-0.3, -0.25) is 4.79 Å². The van der Waals surface area contributed by atoms with Crippen LogP contribution in [0.15, 0.2) is 23.3 Å². The van der Waals surface area contributed by atoms with Gasteiger partial charge < -0.3 is 9.47 Å². The molecular formula is C23H32N2O3. The molecule has 0 aromatic heterocycles. The van der Waals surface area contributed by atoms with Gasteiger partial charge in [-0.2, -0.15) is 5.10 Å². The second-order valence-electron chi connectivity index (χ2n) is 9.15. The molecule has 0 radical (unpaired) electrons. The van der Waals surface area contributed by atoms with Gasteiger partial charge in [-0.05, 0) is 91.9 Å². The van der Waals surface area contributed by atoms with E-state index in [2.05, 4.69) is 17.5 Å². The van der Waals surface area contributed by atoms with E-state index in [1.165, 1.54) is 38.5 Å². The van der Waals surface area contributed by atoms with Crippen LogP contribution in [-0.4, -0.2) is 25.8 Å². The van der Waals surface area contributed by atoms with E-state index in [0.29, 0.717) is 18.8 Å². The minimum absolute atomic E-state index is 0.0491. The van der Waals surface area contributed by atoms with E-state index >= 15 is 0 Å². The van der Waals surface area contributed by atoms with Crippen molar-refractivity contribution in [1.29, 1.82) is 0 Å². The number of hydrazone groups is 1. The van der Waals surface area contributed by atoms with Crippen LogP contribution in [-0.2, 0) is 4.79 Å². The zero-order valence-electron chi connectivity index (χ0n) is 17.1. The number of nitrogens with zero attached hydrogens (tertiary/aromatic N) is 1. The van der Waals surface area contributed by atoms with Crippen molar-refractivity contribution in [3.8, 4) is 11.5 Å². The Morgan fingerprint density at radius 1 is 1.18 bits per heavy atom. The fourth-order valence-electron chi connectivity index (χ4n) is 6.16. The lowest BCUT2D eigenvalue weighted by molar-refractivity contribution is -0.129. The molecule has 1 aromatic carbocycles. The van der Waals surface area contributed by atoms with Crippen molar-refractivity contribution >= 4 is 12.1 Å². The molecule has 152 valence electrons. The summed E-state index contributed by atoms with van der Waals surface area (Å²) in [6.07, 6.45) is 11.2. The highest BCUT2D eigenvalue weighted by atomic mass is 16.5. The first kappa shape index (κ1) is 19.3. The lowest BCUT2D eigenvalue weighted by Crippen LogP contribution is -2.47. The van der Waals surface area contributed by atoms with Gasteiger partial charge in [0.05, 0.1) is 19.9 Å². The molecule has 0 unspecified atom stereocenters. The summed E-state index contributed by atoms with van der Waals surface area (Å²) in [5.74, 6) is 4.05. The van der Waals surface area contributed by atoms with Crippen LogP contribution in [0.5, 0.6) is 11.5 Å². The number of nitrogens with one attached hydrogen (secondary N) is 1. The van der Waals surface area contributed by atoms with Crippen molar-refractivity contribution < 1.29 is 14.3 Å². The van der Waals surface area contributed by atoms with Crippen molar-refractivity contribution in [2.45, 2.75) is 58.3 Å². The summed E-state index contributed by atoms with van der Waals surface area (Å²) in [5, 5.41) is 4.19. The highest BCUT2D eigenvalue weighted by molar-refractivity contribution is 5.83. The molecule has 4 aliphatic rings. The first-order valence-corrected chi connectivity index (χ1v) is 10.7. The Morgan fingerprint density at radius 2 is 1.86 bits per heavy atom. The molecule has 0 spiro atoms. The molecule has 0 aliphatic heterocycles. The molecule has 5 heteroatoms. The third kappa shape index (κ3) is 4.18. The van der Waals surface area contributed by atoms with Crippen LogP contribution in [0.25, 0.3) is 0 Å². The number of benzene rings is 1. The predicted molar refractivity (Wildman–Crippen MR) is 110 cm³/mol. The Bertz CT molecular complexity index is 708. The van der Waals surface area contributed by atoms with Crippen molar-refractivity contribution in [3.05, 3.63) is 23.8 Å². The number of carbonyl (C=O) groups excluding carboxylic acids is 1. The quantitative estimate of drug-likeness (QED) is 0.529. The molecule has 0 heterocycles. The molecule has 4 aliphatic carbocycles. The highest BCUT2D eigenvalue weighted by Gasteiger charge is 2.51. The topological polar surface area (TPSA) is 59.9 Å². The number of hydrogen-bond donors (Lipinski definition) is 1. The van der Waals surface area contributed by atoms with Crippen molar-refractivity contribution in [2.75, 3.05) is 13.7 Å².